The van der Waals surface area contributed by atoms with Gasteiger partial charge >= 0.3 is 6.18 Å². The summed E-state index contributed by atoms with van der Waals surface area (Å²) in [6.45, 7) is 4.45. The van der Waals surface area contributed by atoms with Crippen LogP contribution < -0.4 is 5.32 Å². The quantitative estimate of drug-likeness (QED) is 0.775. The van der Waals surface area contributed by atoms with Crippen LogP contribution in [0.1, 0.15) is 28.1 Å². The van der Waals surface area contributed by atoms with Crippen LogP contribution in [0.15, 0.2) is 30.6 Å². The van der Waals surface area contributed by atoms with Crippen molar-refractivity contribution in [2.75, 3.05) is 6.54 Å². The largest absolute Gasteiger partial charge is 0.433 e. The number of nitrogens with one attached hydrogen (secondary N) is 1. The maximum absolute atomic E-state index is 12.6. The molecule has 0 fully saturated rings. The molecular weight excluding hydrogens is 341 g/mol. The Kier molecular flexibility index (Phi) is 4.19. The van der Waals surface area contributed by atoms with Crippen molar-refractivity contribution in [3.05, 3.63) is 58.7 Å². The van der Waals surface area contributed by atoms with E-state index in [2.05, 4.69) is 25.9 Å². The second-order valence-corrected chi connectivity index (χ2v) is 6.69. The van der Waals surface area contributed by atoms with Crippen LogP contribution in [-0.4, -0.2) is 21.1 Å². The van der Waals surface area contributed by atoms with Gasteiger partial charge in [-0.2, -0.15) is 13.2 Å². The highest BCUT2D eigenvalue weighted by Gasteiger charge is 2.32. The van der Waals surface area contributed by atoms with Crippen molar-refractivity contribution in [1.29, 1.82) is 0 Å². The fourth-order valence-electron chi connectivity index (χ4n) is 3.57. The van der Waals surface area contributed by atoms with Crippen LogP contribution in [0, 0.1) is 6.92 Å². The Hall–Kier alpha value is -2.41. The van der Waals surface area contributed by atoms with Gasteiger partial charge in [0.2, 0.25) is 0 Å². The highest BCUT2D eigenvalue weighted by Crippen LogP contribution is 2.29. The molecule has 0 radical (unpaired) electrons. The Morgan fingerprint density at radius 3 is 2.77 bits per heavy atom. The van der Waals surface area contributed by atoms with Crippen LogP contribution in [0.3, 0.4) is 0 Å². The molecule has 0 aromatic carbocycles. The molecule has 136 valence electrons. The summed E-state index contributed by atoms with van der Waals surface area (Å²) in [5.41, 5.74) is 4.56. The van der Waals surface area contributed by atoms with Crippen molar-refractivity contribution in [1.82, 2.24) is 19.9 Å². The summed E-state index contributed by atoms with van der Waals surface area (Å²) in [6.07, 6.45) is 0.320. The second-order valence-electron chi connectivity index (χ2n) is 6.69. The Morgan fingerprint density at radius 1 is 1.19 bits per heavy atom. The molecule has 1 N–H and O–H groups in total. The lowest BCUT2D eigenvalue weighted by molar-refractivity contribution is -0.141. The van der Waals surface area contributed by atoms with Gasteiger partial charge in [0, 0.05) is 49.5 Å². The Balaban J connectivity index is 1.63. The van der Waals surface area contributed by atoms with E-state index in [1.807, 2.05) is 13.1 Å². The zero-order chi connectivity index (χ0) is 18.3. The molecule has 0 bridgehead atoms. The average molecular weight is 360 g/mol. The Bertz CT molecular complexity index is 942. The molecule has 4 rings (SSSR count). The zero-order valence-corrected chi connectivity index (χ0v) is 14.4. The van der Waals surface area contributed by atoms with Crippen molar-refractivity contribution in [3.8, 4) is 0 Å². The molecule has 1 aliphatic heterocycles. The number of nitrogens with zero attached hydrogens (tertiary/aromatic N) is 3. The smallest absolute Gasteiger partial charge is 0.329 e. The molecule has 0 aliphatic carbocycles. The van der Waals surface area contributed by atoms with Crippen molar-refractivity contribution in [2.45, 2.75) is 39.0 Å². The molecule has 0 amide bonds. The van der Waals surface area contributed by atoms with E-state index in [0.717, 1.165) is 47.7 Å². The summed E-state index contributed by atoms with van der Waals surface area (Å²) in [5, 5.41) is 4.57. The third kappa shape index (κ3) is 3.07. The van der Waals surface area contributed by atoms with Gasteiger partial charge in [0.25, 0.3) is 0 Å². The SMILES string of the molecule is Cc1cnc2c(c1)c1c(n2CCc2ccc(C(F)(F)F)nc2)CCNC1. The minimum Gasteiger partial charge on any atom is -0.329 e. The predicted octanol–water partition coefficient (Wildman–Crippen LogP) is 3.65. The van der Waals surface area contributed by atoms with Crippen LogP contribution in [0.2, 0.25) is 0 Å². The Labute approximate surface area is 149 Å². The van der Waals surface area contributed by atoms with Gasteiger partial charge in [-0.15, -0.1) is 0 Å². The van der Waals surface area contributed by atoms with E-state index < -0.39 is 11.9 Å². The zero-order valence-electron chi connectivity index (χ0n) is 14.4. The number of halogens is 3. The number of fused-ring (bicyclic) bond motifs is 3. The fourth-order valence-corrected chi connectivity index (χ4v) is 3.57. The topological polar surface area (TPSA) is 42.7 Å². The molecule has 0 saturated heterocycles. The van der Waals surface area contributed by atoms with Crippen molar-refractivity contribution in [3.63, 3.8) is 0 Å². The van der Waals surface area contributed by atoms with Gasteiger partial charge in [-0.3, -0.25) is 4.98 Å². The van der Waals surface area contributed by atoms with Gasteiger partial charge in [0.1, 0.15) is 11.3 Å². The van der Waals surface area contributed by atoms with E-state index in [1.165, 1.54) is 23.5 Å². The molecule has 4 nitrogen and oxygen atoms in total. The van der Waals surface area contributed by atoms with Crippen LogP contribution >= 0.6 is 0 Å². The number of hydrogen-bond donors (Lipinski definition) is 1. The molecule has 0 saturated carbocycles. The maximum atomic E-state index is 12.6. The van der Waals surface area contributed by atoms with Crippen molar-refractivity contribution < 1.29 is 13.2 Å². The van der Waals surface area contributed by atoms with Crippen LogP contribution in [0.4, 0.5) is 13.2 Å². The number of aromatic nitrogens is 3. The summed E-state index contributed by atoms with van der Waals surface area (Å²) in [5.74, 6) is 0. The fraction of sp³-hybridized carbons (Fsp3) is 0.368. The van der Waals surface area contributed by atoms with Gasteiger partial charge < -0.3 is 9.88 Å². The van der Waals surface area contributed by atoms with Crippen LogP contribution in [0.25, 0.3) is 11.0 Å². The molecule has 4 heterocycles. The second kappa shape index (κ2) is 6.39. The van der Waals surface area contributed by atoms with Crippen LogP contribution in [-0.2, 0) is 32.1 Å². The molecular formula is C19H19F3N4. The lowest BCUT2D eigenvalue weighted by Gasteiger charge is -2.17. The third-order valence-electron chi connectivity index (χ3n) is 4.84. The summed E-state index contributed by atoms with van der Waals surface area (Å²) in [6, 6.07) is 4.71. The first-order chi connectivity index (χ1) is 12.4. The summed E-state index contributed by atoms with van der Waals surface area (Å²) in [4.78, 5) is 8.17. The molecule has 0 atom stereocenters. The molecule has 3 aromatic rings. The summed E-state index contributed by atoms with van der Waals surface area (Å²) >= 11 is 0. The highest BCUT2D eigenvalue weighted by atomic mass is 19.4. The highest BCUT2D eigenvalue weighted by molar-refractivity contribution is 5.83. The molecule has 3 aromatic heterocycles. The number of rotatable bonds is 3. The predicted molar refractivity (Wildman–Crippen MR) is 92.8 cm³/mol. The number of pyridine rings is 2. The van der Waals surface area contributed by atoms with Crippen molar-refractivity contribution in [2.24, 2.45) is 0 Å². The summed E-state index contributed by atoms with van der Waals surface area (Å²) in [7, 11) is 0. The first kappa shape index (κ1) is 17.0. The number of hydrogen-bond acceptors (Lipinski definition) is 3. The monoisotopic (exact) mass is 360 g/mol. The summed E-state index contributed by atoms with van der Waals surface area (Å²) < 4.78 is 40.1. The minimum absolute atomic E-state index is 0.615. The first-order valence-corrected chi connectivity index (χ1v) is 8.63. The first-order valence-electron chi connectivity index (χ1n) is 8.63. The van der Waals surface area contributed by atoms with Crippen molar-refractivity contribution >= 4 is 11.0 Å². The van der Waals surface area contributed by atoms with E-state index in [0.29, 0.717) is 13.0 Å². The standard InChI is InChI=1S/C19H19F3N4/c1-12-8-14-15-11-23-6-4-16(15)26(18(14)25-9-12)7-5-13-2-3-17(24-10-13)19(20,21)22/h2-3,8-10,23H,4-7,11H2,1H3. The average Bonchev–Trinajstić information content (AvgIpc) is 2.93. The van der Waals surface area contributed by atoms with Gasteiger partial charge in [0.15, 0.2) is 0 Å². The molecule has 7 heteroatoms. The lowest BCUT2D eigenvalue weighted by atomic mass is 10.1. The van der Waals surface area contributed by atoms with E-state index in [4.69, 9.17) is 0 Å². The molecule has 1 aliphatic rings. The van der Waals surface area contributed by atoms with Crippen LogP contribution in [0.5, 0.6) is 0 Å². The lowest BCUT2D eigenvalue weighted by Crippen LogP contribution is -2.25. The van der Waals surface area contributed by atoms with E-state index in [-0.39, 0.29) is 0 Å². The van der Waals surface area contributed by atoms with E-state index in [1.54, 1.807) is 0 Å². The normalized spacial score (nSPS) is 14.6. The van der Waals surface area contributed by atoms with Gasteiger partial charge in [-0.1, -0.05) is 6.07 Å². The Morgan fingerprint density at radius 2 is 2.04 bits per heavy atom. The van der Waals surface area contributed by atoms with Gasteiger partial charge in [-0.25, -0.2) is 4.98 Å². The van der Waals surface area contributed by atoms with E-state index >= 15 is 0 Å². The molecule has 0 unspecified atom stereocenters. The number of alkyl halides is 3. The van der Waals surface area contributed by atoms with Gasteiger partial charge in [-0.05, 0) is 42.2 Å². The number of aryl methyl sites for hydroxylation is 3. The maximum Gasteiger partial charge on any atom is 0.433 e. The third-order valence-corrected chi connectivity index (χ3v) is 4.84. The molecule has 0 spiro atoms. The minimum atomic E-state index is -4.40. The molecule has 26 heavy (non-hydrogen) atoms. The van der Waals surface area contributed by atoms with Gasteiger partial charge in [0.05, 0.1) is 0 Å². The van der Waals surface area contributed by atoms with E-state index in [9.17, 15) is 13.2 Å².